The fourth-order valence-corrected chi connectivity index (χ4v) is 2.20. The number of aryl methyl sites for hydroxylation is 1. The van der Waals surface area contributed by atoms with Crippen molar-refractivity contribution in [2.75, 3.05) is 18.0 Å². The van der Waals surface area contributed by atoms with Crippen molar-refractivity contribution in [3.63, 3.8) is 0 Å². The van der Waals surface area contributed by atoms with Crippen molar-refractivity contribution in [2.24, 2.45) is 0 Å². The Balaban J connectivity index is 2.32. The zero-order chi connectivity index (χ0) is 14.0. The quantitative estimate of drug-likeness (QED) is 0.900. The highest BCUT2D eigenvalue weighted by Crippen LogP contribution is 2.29. The molecule has 0 saturated heterocycles. The Morgan fingerprint density at radius 3 is 2.74 bits per heavy atom. The van der Waals surface area contributed by atoms with E-state index in [4.69, 9.17) is 5.11 Å². The molecule has 0 aliphatic heterocycles. The van der Waals surface area contributed by atoms with Crippen LogP contribution in [-0.4, -0.2) is 40.3 Å². The van der Waals surface area contributed by atoms with Crippen molar-refractivity contribution in [1.29, 1.82) is 0 Å². The second-order valence-corrected chi connectivity index (χ2v) is 4.34. The molecule has 0 fully saturated rings. The van der Waals surface area contributed by atoms with Crippen LogP contribution in [0.2, 0.25) is 0 Å². The summed E-state index contributed by atoms with van der Waals surface area (Å²) in [6.45, 7) is -2.06. The molecule has 0 radical (unpaired) electrons. The van der Waals surface area contributed by atoms with Crippen molar-refractivity contribution >= 4 is 11.8 Å². The van der Waals surface area contributed by atoms with Crippen LogP contribution < -0.4 is 4.90 Å². The van der Waals surface area contributed by atoms with Crippen molar-refractivity contribution in [1.82, 2.24) is 9.97 Å². The van der Waals surface area contributed by atoms with E-state index in [9.17, 15) is 18.0 Å². The number of hydrogen-bond donors (Lipinski definition) is 1. The Kier molecular flexibility index (Phi) is 3.59. The van der Waals surface area contributed by atoms with Crippen LogP contribution >= 0.6 is 0 Å². The lowest BCUT2D eigenvalue weighted by Crippen LogP contribution is -2.39. The molecule has 8 heteroatoms. The summed E-state index contributed by atoms with van der Waals surface area (Å²) in [5, 5.41) is 8.74. The predicted molar refractivity (Wildman–Crippen MR) is 60.0 cm³/mol. The molecule has 0 bridgehead atoms. The van der Waals surface area contributed by atoms with Gasteiger partial charge in [0.25, 0.3) is 0 Å². The standard InChI is InChI=1S/C11H12F3N3O2/c12-11(13,14)5-17(4-9(18)19)10-7-2-1-3-8(7)15-6-16-10/h6H,1-5H2,(H,18,19). The highest BCUT2D eigenvalue weighted by atomic mass is 19.4. The number of rotatable bonds is 4. The van der Waals surface area contributed by atoms with Gasteiger partial charge in [0.1, 0.15) is 25.2 Å². The monoisotopic (exact) mass is 275 g/mol. The van der Waals surface area contributed by atoms with Crippen LogP contribution in [0.5, 0.6) is 0 Å². The van der Waals surface area contributed by atoms with Gasteiger partial charge in [0, 0.05) is 11.3 Å². The highest BCUT2D eigenvalue weighted by molar-refractivity contribution is 5.73. The molecule has 1 aromatic rings. The predicted octanol–water partition coefficient (Wildman–Crippen LogP) is 1.42. The first kappa shape index (κ1) is 13.6. The minimum Gasteiger partial charge on any atom is -0.480 e. The van der Waals surface area contributed by atoms with Gasteiger partial charge in [0.05, 0.1) is 0 Å². The summed E-state index contributed by atoms with van der Waals surface area (Å²) >= 11 is 0. The number of carboxylic acids is 1. The minimum absolute atomic E-state index is 0.0854. The third-order valence-electron chi connectivity index (χ3n) is 2.85. The van der Waals surface area contributed by atoms with Gasteiger partial charge in [-0.1, -0.05) is 0 Å². The maximum absolute atomic E-state index is 12.5. The van der Waals surface area contributed by atoms with E-state index >= 15 is 0 Å². The third-order valence-corrected chi connectivity index (χ3v) is 2.85. The molecule has 1 N–H and O–H groups in total. The number of carbonyl (C=O) groups is 1. The molecule has 0 spiro atoms. The van der Waals surface area contributed by atoms with E-state index in [-0.39, 0.29) is 5.82 Å². The second-order valence-electron chi connectivity index (χ2n) is 4.34. The molecule has 0 amide bonds. The Morgan fingerprint density at radius 2 is 2.11 bits per heavy atom. The summed E-state index contributed by atoms with van der Waals surface area (Å²) in [5.41, 5.74) is 1.34. The number of carboxylic acid groups (broad SMARTS) is 1. The van der Waals surface area contributed by atoms with E-state index in [1.54, 1.807) is 0 Å². The molecule has 1 heterocycles. The molecule has 1 aliphatic rings. The van der Waals surface area contributed by atoms with Gasteiger partial charge in [-0.2, -0.15) is 13.2 Å². The van der Waals surface area contributed by atoms with Crippen molar-refractivity contribution in [3.8, 4) is 0 Å². The molecule has 1 aliphatic carbocycles. The number of fused-ring (bicyclic) bond motifs is 1. The molecule has 0 atom stereocenters. The molecule has 1 aromatic heterocycles. The summed E-state index contributed by atoms with van der Waals surface area (Å²) in [4.78, 5) is 19.3. The average Bonchev–Trinajstić information content (AvgIpc) is 2.72. The number of alkyl halides is 3. The first-order valence-electron chi connectivity index (χ1n) is 5.73. The second kappa shape index (κ2) is 5.02. The van der Waals surface area contributed by atoms with Gasteiger partial charge in [-0.25, -0.2) is 9.97 Å². The topological polar surface area (TPSA) is 66.3 Å². The SMILES string of the molecule is O=C(O)CN(CC(F)(F)F)c1ncnc2c1CCC2. The first-order valence-corrected chi connectivity index (χ1v) is 5.73. The van der Waals surface area contributed by atoms with E-state index in [0.29, 0.717) is 24.1 Å². The molecule has 0 saturated carbocycles. The molecular formula is C11H12F3N3O2. The van der Waals surface area contributed by atoms with Crippen molar-refractivity contribution in [3.05, 3.63) is 17.6 Å². The number of aromatic nitrogens is 2. The minimum atomic E-state index is -4.48. The number of halogens is 3. The number of nitrogens with zero attached hydrogens (tertiary/aromatic N) is 3. The number of aliphatic carboxylic acids is 1. The van der Waals surface area contributed by atoms with Gasteiger partial charge in [-0.05, 0) is 19.3 Å². The Labute approximate surface area is 107 Å². The van der Waals surface area contributed by atoms with Crippen LogP contribution in [0.4, 0.5) is 19.0 Å². The van der Waals surface area contributed by atoms with Gasteiger partial charge >= 0.3 is 12.1 Å². The molecule has 104 valence electrons. The Hall–Kier alpha value is -1.86. The molecule has 19 heavy (non-hydrogen) atoms. The molecular weight excluding hydrogens is 263 g/mol. The van der Waals surface area contributed by atoms with Gasteiger partial charge < -0.3 is 10.0 Å². The fraction of sp³-hybridized carbons (Fsp3) is 0.545. The van der Waals surface area contributed by atoms with Crippen molar-refractivity contribution in [2.45, 2.75) is 25.4 Å². The third kappa shape index (κ3) is 3.33. The lowest BCUT2D eigenvalue weighted by Gasteiger charge is -2.24. The average molecular weight is 275 g/mol. The lowest BCUT2D eigenvalue weighted by molar-refractivity contribution is -0.136. The summed E-state index contributed by atoms with van der Waals surface area (Å²) < 4.78 is 37.5. The summed E-state index contributed by atoms with van der Waals surface area (Å²) in [5.74, 6) is -1.24. The van der Waals surface area contributed by atoms with Crippen LogP contribution in [0.3, 0.4) is 0 Å². The zero-order valence-corrected chi connectivity index (χ0v) is 9.94. The zero-order valence-electron chi connectivity index (χ0n) is 9.94. The number of hydrogen-bond acceptors (Lipinski definition) is 4. The maximum atomic E-state index is 12.5. The van der Waals surface area contributed by atoms with Gasteiger partial charge in [-0.15, -0.1) is 0 Å². The van der Waals surface area contributed by atoms with Crippen molar-refractivity contribution < 1.29 is 23.1 Å². The Morgan fingerprint density at radius 1 is 1.37 bits per heavy atom. The number of anilines is 1. The molecule has 5 nitrogen and oxygen atoms in total. The molecule has 0 unspecified atom stereocenters. The van der Waals surface area contributed by atoms with Crippen LogP contribution in [0, 0.1) is 0 Å². The van der Waals surface area contributed by atoms with Crippen LogP contribution in [0.25, 0.3) is 0 Å². The normalized spacial score (nSPS) is 14.3. The molecule has 0 aromatic carbocycles. The molecule has 2 rings (SSSR count). The van der Waals surface area contributed by atoms with E-state index in [0.717, 1.165) is 11.3 Å². The van der Waals surface area contributed by atoms with Crippen LogP contribution in [-0.2, 0) is 17.6 Å². The summed E-state index contributed by atoms with van der Waals surface area (Å²) in [6, 6.07) is 0. The smallest absolute Gasteiger partial charge is 0.405 e. The van der Waals surface area contributed by atoms with E-state index in [1.165, 1.54) is 6.33 Å². The highest BCUT2D eigenvalue weighted by Gasteiger charge is 2.34. The van der Waals surface area contributed by atoms with Gasteiger partial charge in [-0.3, -0.25) is 4.79 Å². The lowest BCUT2D eigenvalue weighted by atomic mass is 10.2. The van der Waals surface area contributed by atoms with E-state index < -0.39 is 25.2 Å². The van der Waals surface area contributed by atoms with E-state index in [1.807, 2.05) is 0 Å². The van der Waals surface area contributed by atoms with E-state index in [2.05, 4.69) is 9.97 Å². The van der Waals surface area contributed by atoms with Gasteiger partial charge in [0.15, 0.2) is 0 Å². The maximum Gasteiger partial charge on any atom is 0.405 e. The fourth-order valence-electron chi connectivity index (χ4n) is 2.20. The Bertz CT molecular complexity index is 491. The largest absolute Gasteiger partial charge is 0.480 e. The summed E-state index contributed by atoms with van der Waals surface area (Å²) in [6.07, 6.45) is -1.22. The first-order chi connectivity index (χ1) is 8.87. The van der Waals surface area contributed by atoms with Crippen LogP contribution in [0.15, 0.2) is 6.33 Å². The van der Waals surface area contributed by atoms with Crippen LogP contribution in [0.1, 0.15) is 17.7 Å². The van der Waals surface area contributed by atoms with Gasteiger partial charge in [0.2, 0.25) is 0 Å². The summed E-state index contributed by atoms with van der Waals surface area (Å²) in [7, 11) is 0.